The van der Waals surface area contributed by atoms with Gasteiger partial charge in [-0.3, -0.25) is 10.1 Å². The van der Waals surface area contributed by atoms with Gasteiger partial charge in [0.25, 0.3) is 0 Å². The van der Waals surface area contributed by atoms with Gasteiger partial charge in [0.1, 0.15) is 5.75 Å². The minimum absolute atomic E-state index is 0.0676. The Hall–Kier alpha value is -3.30. The number of esters is 1. The molecule has 0 aliphatic carbocycles. The number of allylic oxidation sites excluding steroid dienone is 1. The van der Waals surface area contributed by atoms with Gasteiger partial charge in [-0.15, -0.1) is 0 Å². The predicted molar refractivity (Wildman–Crippen MR) is 118 cm³/mol. The molecule has 2 amide bonds. The number of hydrogen-bond donors (Lipinski definition) is 2. The third-order valence-electron chi connectivity index (χ3n) is 4.59. The number of urea groups is 1. The molecule has 176 valence electrons. The lowest BCUT2D eigenvalue weighted by molar-refractivity contribution is -0.386. The van der Waals surface area contributed by atoms with Crippen LogP contribution in [0.5, 0.6) is 11.5 Å². The first-order chi connectivity index (χ1) is 15.2. The minimum Gasteiger partial charge on any atom is -0.493 e. The van der Waals surface area contributed by atoms with Gasteiger partial charge >= 0.3 is 17.7 Å². The lowest BCUT2D eigenvalue weighted by atomic mass is 9.93. The molecule has 1 aromatic carbocycles. The summed E-state index contributed by atoms with van der Waals surface area (Å²) in [7, 11) is 0. The van der Waals surface area contributed by atoms with Crippen LogP contribution in [-0.4, -0.2) is 36.2 Å². The first-order valence-electron chi connectivity index (χ1n) is 10.8. The molecule has 10 heteroatoms. The largest absolute Gasteiger partial charge is 0.493 e. The fourth-order valence-electron chi connectivity index (χ4n) is 3.25. The highest BCUT2D eigenvalue weighted by molar-refractivity contribution is 5.95. The molecule has 10 nitrogen and oxygen atoms in total. The van der Waals surface area contributed by atoms with E-state index < -0.39 is 23.0 Å². The van der Waals surface area contributed by atoms with Crippen LogP contribution in [0.4, 0.5) is 10.5 Å². The number of carbonyl (C=O) groups excluding carboxylic acids is 2. The summed E-state index contributed by atoms with van der Waals surface area (Å²) in [4.78, 5) is 36.5. The lowest BCUT2D eigenvalue weighted by Gasteiger charge is -2.30. The highest BCUT2D eigenvalue weighted by Crippen LogP contribution is 2.41. The summed E-state index contributed by atoms with van der Waals surface area (Å²) >= 11 is 0. The van der Waals surface area contributed by atoms with Gasteiger partial charge in [-0.05, 0) is 33.1 Å². The third-order valence-corrected chi connectivity index (χ3v) is 4.59. The molecule has 0 spiro atoms. The maximum Gasteiger partial charge on any atom is 0.338 e. The molecule has 0 saturated carbocycles. The minimum atomic E-state index is -0.990. The number of amides is 2. The Kier molecular flexibility index (Phi) is 8.86. The first-order valence-corrected chi connectivity index (χ1v) is 10.8. The number of ether oxygens (including phenoxy) is 3. The van der Waals surface area contributed by atoms with Gasteiger partial charge in [0.05, 0.1) is 35.9 Å². The van der Waals surface area contributed by atoms with E-state index >= 15 is 0 Å². The van der Waals surface area contributed by atoms with Crippen molar-refractivity contribution in [3.8, 4) is 11.5 Å². The van der Waals surface area contributed by atoms with Crippen molar-refractivity contribution in [2.75, 3.05) is 13.2 Å². The maximum absolute atomic E-state index is 12.9. The van der Waals surface area contributed by atoms with E-state index in [1.807, 2.05) is 13.8 Å². The molecule has 0 bridgehead atoms. The van der Waals surface area contributed by atoms with Crippen molar-refractivity contribution in [1.29, 1.82) is 0 Å². The van der Waals surface area contributed by atoms with Gasteiger partial charge in [-0.2, -0.15) is 0 Å². The van der Waals surface area contributed by atoms with Gasteiger partial charge < -0.3 is 24.8 Å². The number of benzene rings is 1. The summed E-state index contributed by atoms with van der Waals surface area (Å²) in [6.45, 7) is 9.67. The maximum atomic E-state index is 12.9. The van der Waals surface area contributed by atoms with Gasteiger partial charge in [0.2, 0.25) is 5.75 Å². The zero-order valence-electron chi connectivity index (χ0n) is 19.1. The molecule has 32 heavy (non-hydrogen) atoms. The normalized spacial score (nSPS) is 15.8. The number of nitrogens with zero attached hydrogens (tertiary/aromatic N) is 1. The Balaban J connectivity index is 2.71. The second-order valence-electron chi connectivity index (χ2n) is 7.54. The summed E-state index contributed by atoms with van der Waals surface area (Å²) in [5.41, 5.74) is 0.573. The van der Waals surface area contributed by atoms with E-state index in [9.17, 15) is 19.7 Å². The quantitative estimate of drug-likeness (QED) is 0.295. The van der Waals surface area contributed by atoms with Gasteiger partial charge in [0.15, 0.2) is 0 Å². The Labute approximate surface area is 187 Å². The highest BCUT2D eigenvalue weighted by Gasteiger charge is 2.37. The molecule has 1 atom stereocenters. The van der Waals surface area contributed by atoms with Crippen LogP contribution in [0.1, 0.15) is 65.5 Å². The van der Waals surface area contributed by atoms with Crippen molar-refractivity contribution >= 4 is 17.7 Å². The highest BCUT2D eigenvalue weighted by atomic mass is 16.6. The smallest absolute Gasteiger partial charge is 0.338 e. The Bertz CT molecular complexity index is 896. The predicted octanol–water partition coefficient (Wildman–Crippen LogP) is 4.14. The van der Waals surface area contributed by atoms with Crippen LogP contribution in [-0.2, 0) is 9.53 Å². The Morgan fingerprint density at radius 1 is 1.12 bits per heavy atom. The fraction of sp³-hybridized carbons (Fsp3) is 0.545. The van der Waals surface area contributed by atoms with E-state index in [4.69, 9.17) is 14.2 Å². The lowest BCUT2D eigenvalue weighted by Crippen LogP contribution is -2.46. The standard InChI is InChI=1S/C22H31N3O7/c1-6-9-30-17-12-18(31-10-7-2)16(25(28)29)11-14(17)20-19(21(26)32-13(4)5)15(8-3)23-22(27)24-20/h11-13,20H,6-10H2,1-5H3,(H2,23,24,27). The van der Waals surface area contributed by atoms with Crippen molar-refractivity contribution in [2.45, 2.75) is 66.0 Å². The van der Waals surface area contributed by atoms with Crippen molar-refractivity contribution in [3.05, 3.63) is 39.1 Å². The summed E-state index contributed by atoms with van der Waals surface area (Å²) in [6.07, 6.45) is 1.33. The first kappa shape index (κ1) is 25.0. The number of nitrogens with one attached hydrogen (secondary N) is 2. The van der Waals surface area contributed by atoms with E-state index in [1.54, 1.807) is 20.8 Å². The van der Waals surface area contributed by atoms with E-state index in [2.05, 4.69) is 10.6 Å². The second-order valence-corrected chi connectivity index (χ2v) is 7.54. The number of rotatable bonds is 11. The number of carbonyl (C=O) groups is 2. The second kappa shape index (κ2) is 11.4. The average molecular weight is 450 g/mol. The molecule has 1 unspecified atom stereocenters. The zero-order chi connectivity index (χ0) is 23.8. The van der Waals surface area contributed by atoms with E-state index in [1.165, 1.54) is 12.1 Å². The summed E-state index contributed by atoms with van der Waals surface area (Å²) in [6, 6.07) is 1.23. The SMILES string of the molecule is CCCOc1cc(OCCC)c([N+](=O)[O-])cc1C1NC(=O)NC(CC)=C1C(=O)OC(C)C. The van der Waals surface area contributed by atoms with E-state index in [0.29, 0.717) is 43.9 Å². The third kappa shape index (κ3) is 5.89. The number of nitro groups is 1. The van der Waals surface area contributed by atoms with Crippen LogP contribution in [0.3, 0.4) is 0 Å². The molecule has 1 aromatic rings. The van der Waals surface area contributed by atoms with Crippen LogP contribution < -0.4 is 20.1 Å². The fourth-order valence-corrected chi connectivity index (χ4v) is 3.25. The zero-order valence-corrected chi connectivity index (χ0v) is 19.1. The molecule has 1 aliphatic rings. The molecule has 0 aromatic heterocycles. The van der Waals surface area contributed by atoms with Gasteiger partial charge in [-0.25, -0.2) is 9.59 Å². The molecule has 0 fully saturated rings. The topological polar surface area (TPSA) is 129 Å². The van der Waals surface area contributed by atoms with Gasteiger partial charge in [0, 0.05) is 23.4 Å². The molecule has 0 saturated heterocycles. The monoisotopic (exact) mass is 449 g/mol. The van der Waals surface area contributed by atoms with Gasteiger partial charge in [-0.1, -0.05) is 20.8 Å². The average Bonchev–Trinajstić information content (AvgIpc) is 2.74. The van der Waals surface area contributed by atoms with E-state index in [-0.39, 0.29) is 28.7 Å². The summed E-state index contributed by atoms with van der Waals surface area (Å²) in [5.74, 6) is -0.260. The van der Waals surface area contributed by atoms with Crippen molar-refractivity contribution in [1.82, 2.24) is 10.6 Å². The Morgan fingerprint density at radius 2 is 1.75 bits per heavy atom. The molecular formula is C22H31N3O7. The van der Waals surface area contributed by atoms with Crippen molar-refractivity contribution < 1.29 is 28.7 Å². The van der Waals surface area contributed by atoms with Crippen molar-refractivity contribution in [2.24, 2.45) is 0 Å². The summed E-state index contributed by atoms with van der Waals surface area (Å²) < 4.78 is 16.8. The summed E-state index contributed by atoms with van der Waals surface area (Å²) in [5, 5.41) is 17.1. The molecule has 2 N–H and O–H groups in total. The molecule has 1 heterocycles. The van der Waals surface area contributed by atoms with Crippen molar-refractivity contribution in [3.63, 3.8) is 0 Å². The van der Waals surface area contributed by atoms with Crippen LogP contribution in [0.15, 0.2) is 23.4 Å². The van der Waals surface area contributed by atoms with Crippen LogP contribution in [0.25, 0.3) is 0 Å². The molecule has 0 radical (unpaired) electrons. The molecular weight excluding hydrogens is 418 g/mol. The Morgan fingerprint density at radius 3 is 2.28 bits per heavy atom. The molecule has 1 aliphatic heterocycles. The van der Waals surface area contributed by atoms with Crippen LogP contribution >= 0.6 is 0 Å². The van der Waals surface area contributed by atoms with E-state index in [0.717, 1.165) is 0 Å². The van der Waals surface area contributed by atoms with Crippen LogP contribution in [0.2, 0.25) is 0 Å². The number of hydrogen-bond acceptors (Lipinski definition) is 7. The molecule has 2 rings (SSSR count). The number of nitro benzene ring substituents is 1. The van der Waals surface area contributed by atoms with Crippen LogP contribution in [0, 0.1) is 10.1 Å².